The molecule has 0 aliphatic rings. The molecule has 0 radical (unpaired) electrons. The monoisotopic (exact) mass is 263 g/mol. The SMILES string of the molecule is Cl.N[C@H](c1cc(Cl)ccc1F)C(F)(F)F. The highest BCUT2D eigenvalue weighted by Gasteiger charge is 2.39. The highest BCUT2D eigenvalue weighted by molar-refractivity contribution is 6.30. The Morgan fingerprint density at radius 3 is 2.27 bits per heavy atom. The Kier molecular flexibility index (Phi) is 4.83. The molecule has 0 aromatic heterocycles. The van der Waals surface area contributed by atoms with E-state index in [1.807, 2.05) is 0 Å². The smallest absolute Gasteiger partial charge is 0.316 e. The van der Waals surface area contributed by atoms with E-state index < -0.39 is 23.6 Å². The highest BCUT2D eigenvalue weighted by atomic mass is 35.5. The van der Waals surface area contributed by atoms with Gasteiger partial charge in [-0.25, -0.2) is 4.39 Å². The molecule has 1 atom stereocenters. The Bertz CT molecular complexity index is 340. The van der Waals surface area contributed by atoms with E-state index in [1.54, 1.807) is 0 Å². The molecule has 0 aliphatic carbocycles. The van der Waals surface area contributed by atoms with E-state index in [-0.39, 0.29) is 17.4 Å². The normalized spacial score (nSPS) is 13.2. The summed E-state index contributed by atoms with van der Waals surface area (Å²) in [4.78, 5) is 0. The molecule has 0 saturated heterocycles. The molecule has 2 N–H and O–H groups in total. The van der Waals surface area contributed by atoms with Crippen LogP contribution in [0.4, 0.5) is 17.6 Å². The van der Waals surface area contributed by atoms with Gasteiger partial charge in [-0.3, -0.25) is 0 Å². The lowest BCUT2D eigenvalue weighted by atomic mass is 10.1. The Hall–Kier alpha value is -0.520. The molecule has 7 heteroatoms. The third-order valence-electron chi connectivity index (χ3n) is 1.65. The molecule has 0 aliphatic heterocycles. The Labute approximate surface area is 94.6 Å². The molecule has 86 valence electrons. The minimum atomic E-state index is -4.68. The van der Waals surface area contributed by atoms with Crippen LogP contribution in [0.25, 0.3) is 0 Å². The van der Waals surface area contributed by atoms with Crippen LogP contribution in [0.2, 0.25) is 5.02 Å². The van der Waals surface area contributed by atoms with Crippen LogP contribution in [0.5, 0.6) is 0 Å². The first-order valence-electron chi connectivity index (χ1n) is 3.59. The molecule has 15 heavy (non-hydrogen) atoms. The molecule has 1 nitrogen and oxygen atoms in total. The van der Waals surface area contributed by atoms with E-state index in [9.17, 15) is 17.6 Å². The van der Waals surface area contributed by atoms with Gasteiger partial charge in [-0.05, 0) is 18.2 Å². The number of benzene rings is 1. The number of rotatable bonds is 1. The molecular formula is C8H7Cl2F4N. The molecule has 1 aromatic rings. The molecule has 0 heterocycles. The average Bonchev–Trinajstić information content (AvgIpc) is 2.06. The Morgan fingerprint density at radius 2 is 1.80 bits per heavy atom. The summed E-state index contributed by atoms with van der Waals surface area (Å²) in [5, 5.41) is 0.0149. The van der Waals surface area contributed by atoms with Crippen molar-refractivity contribution in [3.8, 4) is 0 Å². The van der Waals surface area contributed by atoms with Crippen LogP contribution in [0.15, 0.2) is 18.2 Å². The molecule has 1 rings (SSSR count). The summed E-state index contributed by atoms with van der Waals surface area (Å²) in [6, 6.07) is 0.531. The van der Waals surface area contributed by atoms with Crippen molar-refractivity contribution in [3.05, 3.63) is 34.6 Å². The molecule has 1 aromatic carbocycles. The fraction of sp³-hybridized carbons (Fsp3) is 0.250. The number of hydrogen-bond donors (Lipinski definition) is 1. The molecule has 0 spiro atoms. The van der Waals surface area contributed by atoms with Crippen LogP contribution in [0.1, 0.15) is 11.6 Å². The quantitative estimate of drug-likeness (QED) is 0.772. The van der Waals surface area contributed by atoms with Gasteiger partial charge in [-0.2, -0.15) is 13.2 Å². The lowest BCUT2D eigenvalue weighted by Gasteiger charge is -2.16. The summed E-state index contributed by atoms with van der Waals surface area (Å²) in [6.07, 6.45) is -4.68. The van der Waals surface area contributed by atoms with Gasteiger partial charge in [0.15, 0.2) is 0 Å². The highest BCUT2D eigenvalue weighted by Crippen LogP contribution is 2.32. The van der Waals surface area contributed by atoms with Gasteiger partial charge in [0.05, 0.1) is 0 Å². The second kappa shape index (κ2) is 5.01. The summed E-state index contributed by atoms with van der Waals surface area (Å²) in [5.74, 6) is -1.01. The third kappa shape index (κ3) is 3.52. The van der Waals surface area contributed by atoms with Crippen molar-refractivity contribution in [2.75, 3.05) is 0 Å². The minimum absolute atomic E-state index is 0. The molecule has 0 unspecified atom stereocenters. The van der Waals surface area contributed by atoms with Crippen LogP contribution in [0.3, 0.4) is 0 Å². The second-order valence-electron chi connectivity index (χ2n) is 2.69. The van der Waals surface area contributed by atoms with Crippen molar-refractivity contribution >= 4 is 24.0 Å². The zero-order valence-electron chi connectivity index (χ0n) is 7.18. The summed E-state index contributed by atoms with van der Waals surface area (Å²) in [7, 11) is 0. The predicted molar refractivity (Wildman–Crippen MR) is 51.6 cm³/mol. The number of alkyl halides is 3. The molecule has 0 amide bonds. The van der Waals surface area contributed by atoms with Gasteiger partial charge in [0.25, 0.3) is 0 Å². The average molecular weight is 264 g/mol. The van der Waals surface area contributed by atoms with E-state index in [1.165, 1.54) is 0 Å². The van der Waals surface area contributed by atoms with Crippen LogP contribution in [0, 0.1) is 5.82 Å². The zero-order chi connectivity index (χ0) is 10.9. The van der Waals surface area contributed by atoms with Crippen molar-refractivity contribution in [1.82, 2.24) is 0 Å². The Morgan fingerprint density at radius 1 is 1.27 bits per heavy atom. The lowest BCUT2D eigenvalue weighted by Crippen LogP contribution is -2.29. The second-order valence-corrected chi connectivity index (χ2v) is 3.12. The van der Waals surface area contributed by atoms with E-state index in [4.69, 9.17) is 17.3 Å². The van der Waals surface area contributed by atoms with Crippen LogP contribution in [-0.4, -0.2) is 6.18 Å². The van der Waals surface area contributed by atoms with Crippen molar-refractivity contribution in [2.45, 2.75) is 12.2 Å². The van der Waals surface area contributed by atoms with Crippen molar-refractivity contribution < 1.29 is 17.6 Å². The van der Waals surface area contributed by atoms with Crippen LogP contribution < -0.4 is 5.73 Å². The van der Waals surface area contributed by atoms with Gasteiger partial charge in [-0.15, -0.1) is 12.4 Å². The van der Waals surface area contributed by atoms with Crippen LogP contribution >= 0.6 is 24.0 Å². The van der Waals surface area contributed by atoms with Crippen LogP contribution in [-0.2, 0) is 0 Å². The van der Waals surface area contributed by atoms with Crippen molar-refractivity contribution in [3.63, 3.8) is 0 Å². The van der Waals surface area contributed by atoms with Crippen molar-refractivity contribution in [1.29, 1.82) is 0 Å². The first-order chi connectivity index (χ1) is 6.32. The first-order valence-corrected chi connectivity index (χ1v) is 3.97. The maximum Gasteiger partial charge on any atom is 0.407 e. The van der Waals surface area contributed by atoms with E-state index in [0.717, 1.165) is 18.2 Å². The summed E-state index contributed by atoms with van der Waals surface area (Å²) in [5.41, 5.74) is 4.17. The summed E-state index contributed by atoms with van der Waals surface area (Å²) >= 11 is 5.42. The Balaban J connectivity index is 0.00000196. The number of hydrogen-bond acceptors (Lipinski definition) is 1. The summed E-state index contributed by atoms with van der Waals surface area (Å²) in [6.45, 7) is 0. The fourth-order valence-electron chi connectivity index (χ4n) is 0.929. The predicted octanol–water partition coefficient (Wildman–Crippen LogP) is 3.46. The van der Waals surface area contributed by atoms with Gasteiger partial charge in [0, 0.05) is 10.6 Å². The van der Waals surface area contributed by atoms with Gasteiger partial charge in [-0.1, -0.05) is 11.6 Å². The molecule has 0 fully saturated rings. The topological polar surface area (TPSA) is 26.0 Å². The standard InChI is InChI=1S/C8H6ClF4N.ClH/c9-4-1-2-6(10)5(3-4)7(14)8(11,12)13;/h1-3,7H,14H2;1H/t7-;/m1./s1. The van der Waals surface area contributed by atoms with Crippen molar-refractivity contribution in [2.24, 2.45) is 5.73 Å². The van der Waals surface area contributed by atoms with E-state index in [2.05, 4.69) is 0 Å². The van der Waals surface area contributed by atoms with Gasteiger partial charge < -0.3 is 5.73 Å². The maximum absolute atomic E-state index is 12.9. The number of halogens is 6. The summed E-state index contributed by atoms with van der Waals surface area (Å²) < 4.78 is 49.2. The van der Waals surface area contributed by atoms with Gasteiger partial charge >= 0.3 is 6.18 Å². The molecule has 0 bridgehead atoms. The lowest BCUT2D eigenvalue weighted by molar-refractivity contribution is -0.149. The van der Waals surface area contributed by atoms with E-state index in [0.29, 0.717) is 0 Å². The van der Waals surface area contributed by atoms with Gasteiger partial charge in [0.1, 0.15) is 11.9 Å². The minimum Gasteiger partial charge on any atom is -0.316 e. The number of nitrogens with two attached hydrogens (primary N) is 1. The first kappa shape index (κ1) is 14.5. The maximum atomic E-state index is 12.9. The van der Waals surface area contributed by atoms with Gasteiger partial charge in [0.2, 0.25) is 0 Å². The largest absolute Gasteiger partial charge is 0.407 e. The zero-order valence-corrected chi connectivity index (χ0v) is 8.76. The molecular weight excluding hydrogens is 257 g/mol. The van der Waals surface area contributed by atoms with E-state index >= 15 is 0 Å². The third-order valence-corrected chi connectivity index (χ3v) is 1.88. The molecule has 0 saturated carbocycles. The fourth-order valence-corrected chi connectivity index (χ4v) is 1.11.